The van der Waals surface area contributed by atoms with Gasteiger partial charge in [-0.2, -0.15) is 0 Å². The average Bonchev–Trinajstić information content (AvgIpc) is 2.43. The summed E-state index contributed by atoms with van der Waals surface area (Å²) in [4.78, 5) is 26.1. The van der Waals surface area contributed by atoms with Gasteiger partial charge in [0, 0.05) is 6.61 Å². The maximum Gasteiger partial charge on any atom is 0.417 e. The van der Waals surface area contributed by atoms with Crippen LogP contribution >= 0.6 is 0 Å². The molecule has 126 valence electrons. The van der Waals surface area contributed by atoms with E-state index in [1.54, 1.807) is 20.8 Å². The van der Waals surface area contributed by atoms with Gasteiger partial charge >= 0.3 is 6.09 Å². The number of hydrogen-bond acceptors (Lipinski definition) is 4. The molecule has 1 saturated heterocycles. The number of β-lactam (4-membered cyclic amide) rings is 1. The van der Waals surface area contributed by atoms with Crippen molar-refractivity contribution in [3.05, 3.63) is 35.9 Å². The second kappa shape index (κ2) is 6.71. The van der Waals surface area contributed by atoms with Crippen molar-refractivity contribution in [2.45, 2.75) is 52.4 Å². The van der Waals surface area contributed by atoms with Crippen molar-refractivity contribution < 1.29 is 19.1 Å². The van der Waals surface area contributed by atoms with Gasteiger partial charge in [-0.05, 0) is 40.2 Å². The molecule has 3 atom stereocenters. The summed E-state index contributed by atoms with van der Waals surface area (Å²) in [6.45, 7) is 9.64. The van der Waals surface area contributed by atoms with Crippen LogP contribution in [0.25, 0.3) is 0 Å². The lowest BCUT2D eigenvalue weighted by molar-refractivity contribution is -0.164. The second-order valence-corrected chi connectivity index (χ2v) is 6.73. The number of carbonyl (C=O) groups is 2. The number of imide groups is 1. The molecule has 0 radical (unpaired) electrons. The first-order valence-electron chi connectivity index (χ1n) is 7.99. The molecule has 1 unspecified atom stereocenters. The Morgan fingerprint density at radius 2 is 1.87 bits per heavy atom. The van der Waals surface area contributed by atoms with Gasteiger partial charge in [-0.25, -0.2) is 9.69 Å². The van der Waals surface area contributed by atoms with Crippen molar-refractivity contribution in [1.82, 2.24) is 4.90 Å². The molecular weight excluding hydrogens is 294 g/mol. The van der Waals surface area contributed by atoms with Gasteiger partial charge in [0.2, 0.25) is 5.91 Å². The summed E-state index contributed by atoms with van der Waals surface area (Å²) in [6.07, 6.45) is -0.854. The lowest BCUT2D eigenvalue weighted by atomic mass is 9.79. The van der Waals surface area contributed by atoms with Gasteiger partial charge < -0.3 is 9.47 Å². The summed E-state index contributed by atoms with van der Waals surface area (Å²) >= 11 is 0. The van der Waals surface area contributed by atoms with E-state index in [9.17, 15) is 9.59 Å². The predicted octanol–water partition coefficient (Wildman–Crippen LogP) is 3.55. The topological polar surface area (TPSA) is 55.8 Å². The zero-order valence-corrected chi connectivity index (χ0v) is 14.4. The quantitative estimate of drug-likeness (QED) is 0.796. The minimum absolute atomic E-state index is 0.242. The van der Waals surface area contributed by atoms with E-state index in [-0.39, 0.29) is 24.0 Å². The molecule has 0 spiro atoms. The zero-order chi connectivity index (χ0) is 17.2. The summed E-state index contributed by atoms with van der Waals surface area (Å²) in [7, 11) is 0. The normalized spacial score (nSPS) is 22.5. The Morgan fingerprint density at radius 3 is 2.39 bits per heavy atom. The number of carbonyl (C=O) groups excluding carboxylic acids is 2. The minimum Gasteiger partial charge on any atom is -0.443 e. The highest BCUT2D eigenvalue weighted by molar-refractivity contribution is 6.00. The van der Waals surface area contributed by atoms with E-state index < -0.39 is 11.7 Å². The Morgan fingerprint density at radius 1 is 1.26 bits per heavy atom. The monoisotopic (exact) mass is 319 g/mol. The number of rotatable bonds is 4. The van der Waals surface area contributed by atoms with Crippen LogP contribution in [0.15, 0.2) is 30.3 Å². The van der Waals surface area contributed by atoms with E-state index in [1.165, 1.54) is 4.90 Å². The first-order chi connectivity index (χ1) is 10.8. The molecule has 0 aliphatic carbocycles. The van der Waals surface area contributed by atoms with Gasteiger partial charge in [0.05, 0.1) is 18.1 Å². The fourth-order valence-corrected chi connectivity index (χ4v) is 2.86. The van der Waals surface area contributed by atoms with Gasteiger partial charge in [-0.3, -0.25) is 4.79 Å². The van der Waals surface area contributed by atoms with Crippen LogP contribution in [-0.2, 0) is 14.3 Å². The number of ether oxygens (including phenoxy) is 2. The smallest absolute Gasteiger partial charge is 0.417 e. The van der Waals surface area contributed by atoms with Crippen LogP contribution in [0.2, 0.25) is 0 Å². The molecular formula is C18H25NO4. The van der Waals surface area contributed by atoms with Gasteiger partial charge in [-0.1, -0.05) is 30.3 Å². The third-order valence-electron chi connectivity index (χ3n) is 3.81. The Bertz CT molecular complexity index is 564. The molecule has 5 heteroatoms. The summed E-state index contributed by atoms with van der Waals surface area (Å²) in [5, 5.41) is 0. The molecule has 5 nitrogen and oxygen atoms in total. The zero-order valence-electron chi connectivity index (χ0n) is 14.4. The standard InChI is InChI=1S/C18H25NO4/c1-6-22-12(2)14-15(13-10-8-7-9-11-13)19(16(14)20)17(21)23-18(3,4)5/h7-12,14-15H,6H2,1-5H3/t12?,14-,15+/m0/s1. The molecule has 1 aliphatic rings. The first kappa shape index (κ1) is 17.5. The van der Waals surface area contributed by atoms with Gasteiger partial charge in [0.1, 0.15) is 5.60 Å². The molecule has 2 amide bonds. The number of benzene rings is 1. The van der Waals surface area contributed by atoms with Gasteiger partial charge in [-0.15, -0.1) is 0 Å². The molecule has 0 bridgehead atoms. The lowest BCUT2D eigenvalue weighted by Crippen LogP contribution is -2.61. The molecule has 2 rings (SSSR count). The van der Waals surface area contributed by atoms with Crippen LogP contribution in [0.3, 0.4) is 0 Å². The molecule has 1 aromatic rings. The molecule has 0 aromatic heterocycles. The second-order valence-electron chi connectivity index (χ2n) is 6.73. The van der Waals surface area contributed by atoms with Crippen LogP contribution in [0.1, 0.15) is 46.2 Å². The van der Waals surface area contributed by atoms with E-state index in [0.29, 0.717) is 6.61 Å². The first-order valence-corrected chi connectivity index (χ1v) is 7.99. The number of nitrogens with zero attached hydrogens (tertiary/aromatic N) is 1. The number of likely N-dealkylation sites (tertiary alicyclic amines) is 1. The predicted molar refractivity (Wildman–Crippen MR) is 86.8 cm³/mol. The van der Waals surface area contributed by atoms with E-state index in [2.05, 4.69) is 0 Å². The Balaban J connectivity index is 2.28. The van der Waals surface area contributed by atoms with E-state index >= 15 is 0 Å². The van der Waals surface area contributed by atoms with Crippen molar-refractivity contribution in [2.75, 3.05) is 6.61 Å². The lowest BCUT2D eigenvalue weighted by Gasteiger charge is -2.47. The highest BCUT2D eigenvalue weighted by atomic mass is 16.6. The van der Waals surface area contributed by atoms with Crippen LogP contribution < -0.4 is 0 Å². The Kier molecular flexibility index (Phi) is 5.09. The SMILES string of the molecule is CCOC(C)[C@@H]1C(=O)N(C(=O)OC(C)(C)C)[C@@H]1c1ccccc1. The maximum atomic E-state index is 12.5. The molecule has 0 N–H and O–H groups in total. The van der Waals surface area contributed by atoms with Crippen LogP contribution in [-0.4, -0.2) is 35.2 Å². The highest BCUT2D eigenvalue weighted by Crippen LogP contribution is 2.43. The summed E-state index contributed by atoms with van der Waals surface area (Å²) in [6, 6.07) is 9.19. The summed E-state index contributed by atoms with van der Waals surface area (Å²) in [5.74, 6) is -0.612. The third kappa shape index (κ3) is 3.72. The molecule has 1 heterocycles. The van der Waals surface area contributed by atoms with E-state index in [4.69, 9.17) is 9.47 Å². The van der Waals surface area contributed by atoms with Crippen molar-refractivity contribution in [2.24, 2.45) is 5.92 Å². The largest absolute Gasteiger partial charge is 0.443 e. The molecule has 1 aromatic carbocycles. The summed E-state index contributed by atoms with van der Waals surface area (Å²) in [5.41, 5.74) is 0.268. The number of hydrogen-bond donors (Lipinski definition) is 0. The average molecular weight is 319 g/mol. The van der Waals surface area contributed by atoms with Crippen molar-refractivity contribution in [1.29, 1.82) is 0 Å². The van der Waals surface area contributed by atoms with Gasteiger partial charge in [0.25, 0.3) is 0 Å². The molecule has 23 heavy (non-hydrogen) atoms. The molecule has 0 saturated carbocycles. The maximum absolute atomic E-state index is 12.5. The Hall–Kier alpha value is -1.88. The minimum atomic E-state index is -0.644. The fraction of sp³-hybridized carbons (Fsp3) is 0.556. The van der Waals surface area contributed by atoms with E-state index in [1.807, 2.05) is 44.2 Å². The van der Waals surface area contributed by atoms with Crippen LogP contribution in [0.5, 0.6) is 0 Å². The van der Waals surface area contributed by atoms with Crippen LogP contribution in [0, 0.1) is 5.92 Å². The van der Waals surface area contributed by atoms with Crippen molar-refractivity contribution in [3.63, 3.8) is 0 Å². The van der Waals surface area contributed by atoms with Gasteiger partial charge in [0.15, 0.2) is 0 Å². The molecule has 1 fully saturated rings. The fourth-order valence-electron chi connectivity index (χ4n) is 2.86. The summed E-state index contributed by atoms with van der Waals surface area (Å²) < 4.78 is 11.0. The molecule has 1 aliphatic heterocycles. The Labute approximate surface area is 137 Å². The highest BCUT2D eigenvalue weighted by Gasteiger charge is 2.55. The van der Waals surface area contributed by atoms with Crippen LogP contribution in [0.4, 0.5) is 4.79 Å². The van der Waals surface area contributed by atoms with Crippen molar-refractivity contribution in [3.8, 4) is 0 Å². The van der Waals surface area contributed by atoms with E-state index in [0.717, 1.165) is 5.56 Å². The third-order valence-corrected chi connectivity index (χ3v) is 3.81. The van der Waals surface area contributed by atoms with Crippen molar-refractivity contribution >= 4 is 12.0 Å². The number of amides is 2.